The van der Waals surface area contributed by atoms with Crippen LogP contribution in [0.15, 0.2) is 16.6 Å². The van der Waals surface area contributed by atoms with E-state index in [0.29, 0.717) is 11.5 Å². The van der Waals surface area contributed by atoms with Crippen molar-refractivity contribution in [2.45, 2.75) is 53.0 Å². The molecule has 94 valence electrons. The van der Waals surface area contributed by atoms with Crippen LogP contribution in [0.25, 0.3) is 0 Å². The highest BCUT2D eigenvalue weighted by Gasteiger charge is 2.31. The maximum absolute atomic E-state index is 3.71. The van der Waals surface area contributed by atoms with Gasteiger partial charge in [0.05, 0.1) is 5.69 Å². The first-order valence-electron chi connectivity index (χ1n) is 6.41. The summed E-state index contributed by atoms with van der Waals surface area (Å²) in [5, 5.41) is 3.71. The summed E-state index contributed by atoms with van der Waals surface area (Å²) in [4.78, 5) is 0. The molecule has 1 aliphatic carbocycles. The van der Waals surface area contributed by atoms with E-state index in [-0.39, 0.29) is 0 Å². The molecule has 1 nitrogen and oxygen atoms in total. The van der Waals surface area contributed by atoms with Gasteiger partial charge in [0.2, 0.25) is 0 Å². The van der Waals surface area contributed by atoms with Gasteiger partial charge in [-0.1, -0.05) is 19.9 Å². The van der Waals surface area contributed by atoms with E-state index in [9.17, 15) is 0 Å². The number of hydrogen-bond acceptors (Lipinski definition) is 1. The fourth-order valence-corrected chi connectivity index (χ4v) is 3.65. The second kappa shape index (κ2) is 4.64. The second-order valence-corrected chi connectivity index (χ2v) is 7.04. The van der Waals surface area contributed by atoms with Crippen molar-refractivity contribution in [2.75, 3.05) is 5.32 Å². The zero-order valence-electron chi connectivity index (χ0n) is 11.2. The number of anilines is 1. The summed E-state index contributed by atoms with van der Waals surface area (Å²) in [6.07, 6.45) is 3.88. The minimum atomic E-state index is 0.503. The summed E-state index contributed by atoms with van der Waals surface area (Å²) in [7, 11) is 0. The number of benzene rings is 1. The first-order valence-corrected chi connectivity index (χ1v) is 7.20. The standard InChI is InChI=1S/C15H22BrN/c1-10-7-11(2)14(13(16)8-10)17-12-5-6-15(3,4)9-12/h7-8,12,17H,5-6,9H2,1-4H3. The Bertz CT molecular complexity index is 400. The summed E-state index contributed by atoms with van der Waals surface area (Å²) in [5.74, 6) is 0. The van der Waals surface area contributed by atoms with E-state index in [2.05, 4.69) is 61.1 Å². The average Bonchev–Trinajstić information content (AvgIpc) is 2.52. The van der Waals surface area contributed by atoms with Crippen LogP contribution < -0.4 is 5.32 Å². The first-order chi connectivity index (χ1) is 7.87. The number of nitrogens with one attached hydrogen (secondary N) is 1. The maximum Gasteiger partial charge on any atom is 0.0516 e. The maximum atomic E-state index is 3.71. The lowest BCUT2D eigenvalue weighted by molar-refractivity contribution is 0.378. The number of hydrogen-bond donors (Lipinski definition) is 1. The van der Waals surface area contributed by atoms with Gasteiger partial charge in [-0.05, 0) is 71.6 Å². The topological polar surface area (TPSA) is 12.0 Å². The largest absolute Gasteiger partial charge is 0.381 e. The van der Waals surface area contributed by atoms with Crippen LogP contribution in [0, 0.1) is 19.3 Å². The Morgan fingerprint density at radius 1 is 1.29 bits per heavy atom. The van der Waals surface area contributed by atoms with Crippen molar-refractivity contribution in [3.63, 3.8) is 0 Å². The van der Waals surface area contributed by atoms with Gasteiger partial charge in [0.25, 0.3) is 0 Å². The summed E-state index contributed by atoms with van der Waals surface area (Å²) < 4.78 is 1.19. The van der Waals surface area contributed by atoms with E-state index in [1.807, 2.05) is 0 Å². The smallest absolute Gasteiger partial charge is 0.0516 e. The summed E-state index contributed by atoms with van der Waals surface area (Å²) in [6, 6.07) is 5.06. The van der Waals surface area contributed by atoms with Gasteiger partial charge in [0.15, 0.2) is 0 Å². The van der Waals surface area contributed by atoms with E-state index >= 15 is 0 Å². The van der Waals surface area contributed by atoms with E-state index in [1.165, 1.54) is 40.5 Å². The Balaban J connectivity index is 2.15. The number of halogens is 1. The average molecular weight is 296 g/mol. The lowest BCUT2D eigenvalue weighted by atomic mass is 9.92. The minimum Gasteiger partial charge on any atom is -0.381 e. The van der Waals surface area contributed by atoms with Crippen molar-refractivity contribution in [2.24, 2.45) is 5.41 Å². The van der Waals surface area contributed by atoms with Crippen LogP contribution >= 0.6 is 15.9 Å². The van der Waals surface area contributed by atoms with Crippen molar-refractivity contribution >= 4 is 21.6 Å². The summed E-state index contributed by atoms with van der Waals surface area (Å²) in [6.45, 7) is 9.05. The lowest BCUT2D eigenvalue weighted by Crippen LogP contribution is -2.18. The Morgan fingerprint density at radius 2 is 2.00 bits per heavy atom. The molecule has 1 saturated carbocycles. The second-order valence-electron chi connectivity index (χ2n) is 6.19. The highest BCUT2D eigenvalue weighted by atomic mass is 79.9. The highest BCUT2D eigenvalue weighted by Crippen LogP contribution is 2.39. The molecule has 1 aromatic carbocycles. The van der Waals surface area contributed by atoms with Gasteiger partial charge in [0, 0.05) is 10.5 Å². The van der Waals surface area contributed by atoms with Crippen LogP contribution in [0.4, 0.5) is 5.69 Å². The Morgan fingerprint density at radius 3 is 2.53 bits per heavy atom. The molecule has 0 aromatic heterocycles. The predicted octanol–water partition coefficient (Wildman–Crippen LogP) is 5.06. The third-order valence-electron chi connectivity index (χ3n) is 3.75. The molecule has 1 fully saturated rings. The Kier molecular flexibility index (Phi) is 3.53. The zero-order chi connectivity index (χ0) is 12.6. The molecule has 1 atom stereocenters. The van der Waals surface area contributed by atoms with E-state index in [4.69, 9.17) is 0 Å². The molecule has 0 bridgehead atoms. The van der Waals surface area contributed by atoms with Crippen LogP contribution in [0.3, 0.4) is 0 Å². The molecule has 2 heteroatoms. The van der Waals surface area contributed by atoms with Gasteiger partial charge >= 0.3 is 0 Å². The Labute approximate surface area is 113 Å². The van der Waals surface area contributed by atoms with Gasteiger partial charge in [-0.25, -0.2) is 0 Å². The third-order valence-corrected chi connectivity index (χ3v) is 4.37. The molecular weight excluding hydrogens is 274 g/mol. The monoisotopic (exact) mass is 295 g/mol. The van der Waals surface area contributed by atoms with Crippen molar-refractivity contribution in [1.82, 2.24) is 0 Å². The fraction of sp³-hybridized carbons (Fsp3) is 0.600. The lowest BCUT2D eigenvalue weighted by Gasteiger charge is -2.20. The minimum absolute atomic E-state index is 0.503. The normalized spacial score (nSPS) is 22.8. The fourth-order valence-electron chi connectivity index (χ4n) is 2.86. The van der Waals surface area contributed by atoms with E-state index in [1.54, 1.807) is 0 Å². The van der Waals surface area contributed by atoms with Gasteiger partial charge < -0.3 is 5.32 Å². The van der Waals surface area contributed by atoms with Gasteiger partial charge in [0.1, 0.15) is 0 Å². The molecule has 1 N–H and O–H groups in total. The van der Waals surface area contributed by atoms with Crippen LogP contribution in [0.5, 0.6) is 0 Å². The van der Waals surface area contributed by atoms with Crippen molar-refractivity contribution in [1.29, 1.82) is 0 Å². The number of aryl methyl sites for hydroxylation is 2. The third kappa shape index (κ3) is 3.04. The van der Waals surface area contributed by atoms with Gasteiger partial charge in [-0.15, -0.1) is 0 Å². The molecule has 17 heavy (non-hydrogen) atoms. The Hall–Kier alpha value is -0.500. The molecule has 0 heterocycles. The molecule has 0 spiro atoms. The van der Waals surface area contributed by atoms with Crippen molar-refractivity contribution < 1.29 is 0 Å². The summed E-state index contributed by atoms with van der Waals surface area (Å²) in [5.41, 5.74) is 4.43. The molecule has 1 unspecified atom stereocenters. The molecule has 2 rings (SSSR count). The van der Waals surface area contributed by atoms with Crippen LogP contribution in [-0.4, -0.2) is 6.04 Å². The van der Waals surface area contributed by atoms with Crippen LogP contribution in [0.1, 0.15) is 44.2 Å². The first kappa shape index (κ1) is 12.9. The zero-order valence-corrected chi connectivity index (χ0v) is 12.8. The molecular formula is C15H22BrN. The van der Waals surface area contributed by atoms with Gasteiger partial charge in [-0.3, -0.25) is 0 Å². The van der Waals surface area contributed by atoms with E-state index < -0.39 is 0 Å². The molecule has 1 aliphatic rings. The molecule has 0 amide bonds. The van der Waals surface area contributed by atoms with Crippen LogP contribution in [0.2, 0.25) is 0 Å². The molecule has 0 saturated heterocycles. The van der Waals surface area contributed by atoms with Gasteiger partial charge in [-0.2, -0.15) is 0 Å². The highest BCUT2D eigenvalue weighted by molar-refractivity contribution is 9.10. The summed E-state index contributed by atoms with van der Waals surface area (Å²) >= 11 is 3.67. The van der Waals surface area contributed by atoms with Crippen molar-refractivity contribution in [3.8, 4) is 0 Å². The number of rotatable bonds is 2. The molecule has 1 aromatic rings. The van der Waals surface area contributed by atoms with E-state index in [0.717, 1.165) is 0 Å². The molecule has 0 radical (unpaired) electrons. The van der Waals surface area contributed by atoms with Crippen molar-refractivity contribution in [3.05, 3.63) is 27.7 Å². The quantitative estimate of drug-likeness (QED) is 0.804. The SMILES string of the molecule is Cc1cc(C)c(NC2CCC(C)(C)C2)c(Br)c1. The predicted molar refractivity (Wildman–Crippen MR) is 78.7 cm³/mol. The molecule has 0 aliphatic heterocycles. The van der Waals surface area contributed by atoms with Crippen LogP contribution in [-0.2, 0) is 0 Å².